The van der Waals surface area contributed by atoms with Gasteiger partial charge in [0.25, 0.3) is 0 Å². The number of aliphatic carboxylic acids is 2. The van der Waals surface area contributed by atoms with E-state index in [1.807, 2.05) is 0 Å². The van der Waals surface area contributed by atoms with Crippen LogP contribution in [0.25, 0.3) is 0 Å². The molecule has 1 aliphatic carbocycles. The van der Waals surface area contributed by atoms with Crippen molar-refractivity contribution in [1.29, 1.82) is 0 Å². The number of rotatable bonds is 6. The predicted octanol–water partition coefficient (Wildman–Crippen LogP) is 1.03. The van der Waals surface area contributed by atoms with Gasteiger partial charge in [0.15, 0.2) is 0 Å². The Balaban J connectivity index is 0.000000423. The maximum atomic E-state index is 10.6. The number of carboxylic acid groups (broad SMARTS) is 2. The Morgan fingerprint density at radius 1 is 1.00 bits per heavy atom. The third-order valence-electron chi connectivity index (χ3n) is 2.59. The summed E-state index contributed by atoms with van der Waals surface area (Å²) in [5, 5.41) is 21.0. The van der Waals surface area contributed by atoms with E-state index in [-0.39, 0.29) is 0 Å². The molecule has 0 fully saturated rings. The van der Waals surface area contributed by atoms with Crippen LogP contribution in [0.5, 0.6) is 0 Å². The molecule has 1 aliphatic rings. The second-order valence-corrected chi connectivity index (χ2v) is 4.10. The Morgan fingerprint density at radius 2 is 1.52 bits per heavy atom. The molecule has 9 heteroatoms. The van der Waals surface area contributed by atoms with Crippen molar-refractivity contribution in [3.63, 3.8) is 0 Å². The number of carboxylic acids is 2. The van der Waals surface area contributed by atoms with Gasteiger partial charge in [-0.2, -0.15) is 0 Å². The summed E-state index contributed by atoms with van der Waals surface area (Å²) in [6, 6.07) is 0. The molecule has 0 bridgehead atoms. The average Bonchev–Trinajstić information content (AvgIpc) is 2.54. The summed E-state index contributed by atoms with van der Waals surface area (Å²) in [6.07, 6.45) is 5.95. The van der Waals surface area contributed by atoms with Gasteiger partial charge in [-0.15, -0.1) is 0 Å². The predicted molar refractivity (Wildman–Crippen MR) is 74.3 cm³/mol. The standard InChI is InChI=1S/C8H10O4.C6H6O5/c9-7(10)5-3-1-2-4-6(5)8(11)12;1-3-5(7)9-11-10-6(8)4-2/h1,3,5-6H,2,4H2,(H,9,10)(H,11,12);3-4H,1-2H2. The number of carbonyl (C=O) groups excluding carboxylic acids is 2. The van der Waals surface area contributed by atoms with Crippen LogP contribution in [0.3, 0.4) is 0 Å². The Kier molecular flexibility index (Phi) is 9.37. The van der Waals surface area contributed by atoms with Gasteiger partial charge in [-0.25, -0.2) is 9.59 Å². The molecule has 0 aromatic heterocycles. The van der Waals surface area contributed by atoms with Crippen LogP contribution in [0.1, 0.15) is 12.8 Å². The van der Waals surface area contributed by atoms with Gasteiger partial charge in [-0.1, -0.05) is 25.3 Å². The molecule has 2 atom stereocenters. The van der Waals surface area contributed by atoms with Gasteiger partial charge in [0.2, 0.25) is 0 Å². The fourth-order valence-electron chi connectivity index (χ4n) is 1.52. The zero-order valence-corrected chi connectivity index (χ0v) is 12.0. The van der Waals surface area contributed by atoms with Crippen molar-refractivity contribution in [2.75, 3.05) is 0 Å². The lowest BCUT2D eigenvalue weighted by Gasteiger charge is -2.19. The van der Waals surface area contributed by atoms with Crippen molar-refractivity contribution in [2.24, 2.45) is 11.8 Å². The molecule has 126 valence electrons. The van der Waals surface area contributed by atoms with E-state index in [4.69, 9.17) is 10.2 Å². The Hall–Kier alpha value is -2.94. The summed E-state index contributed by atoms with van der Waals surface area (Å²) >= 11 is 0. The fraction of sp³-hybridized carbons (Fsp3) is 0.286. The van der Waals surface area contributed by atoms with Gasteiger partial charge < -0.3 is 10.2 Å². The van der Waals surface area contributed by atoms with Gasteiger partial charge >= 0.3 is 23.9 Å². The Bertz CT molecular complexity index is 486. The van der Waals surface area contributed by atoms with Crippen LogP contribution in [-0.2, 0) is 34.0 Å². The lowest BCUT2D eigenvalue weighted by molar-refractivity contribution is -0.455. The van der Waals surface area contributed by atoms with Crippen molar-refractivity contribution in [1.82, 2.24) is 0 Å². The summed E-state index contributed by atoms with van der Waals surface area (Å²) in [5.74, 6) is -5.41. The van der Waals surface area contributed by atoms with E-state index in [0.29, 0.717) is 12.8 Å². The highest BCUT2D eigenvalue weighted by atomic mass is 17.5. The van der Waals surface area contributed by atoms with E-state index in [1.54, 1.807) is 6.08 Å². The lowest BCUT2D eigenvalue weighted by Crippen LogP contribution is -2.30. The fourth-order valence-corrected chi connectivity index (χ4v) is 1.52. The molecular weight excluding hydrogens is 312 g/mol. The third kappa shape index (κ3) is 8.17. The normalized spacial score (nSPS) is 18.6. The maximum absolute atomic E-state index is 10.6. The van der Waals surface area contributed by atoms with Gasteiger partial charge in [0.05, 0.1) is 11.8 Å². The van der Waals surface area contributed by atoms with Crippen molar-refractivity contribution in [2.45, 2.75) is 12.8 Å². The molecule has 9 nitrogen and oxygen atoms in total. The molecule has 0 amide bonds. The quantitative estimate of drug-likeness (QED) is 0.317. The molecule has 0 radical (unpaired) electrons. The van der Waals surface area contributed by atoms with Crippen molar-refractivity contribution < 1.29 is 44.2 Å². The van der Waals surface area contributed by atoms with E-state index >= 15 is 0 Å². The second-order valence-electron chi connectivity index (χ2n) is 4.10. The molecule has 0 heterocycles. The highest BCUT2D eigenvalue weighted by molar-refractivity contribution is 5.82. The summed E-state index contributed by atoms with van der Waals surface area (Å²) in [5.41, 5.74) is 0. The van der Waals surface area contributed by atoms with E-state index in [9.17, 15) is 19.2 Å². The van der Waals surface area contributed by atoms with Crippen LogP contribution >= 0.6 is 0 Å². The molecule has 2 unspecified atom stereocenters. The van der Waals surface area contributed by atoms with Gasteiger partial charge in [-0.05, 0) is 12.8 Å². The number of hydrogen-bond donors (Lipinski definition) is 2. The largest absolute Gasteiger partial charge is 0.481 e. The first-order valence-electron chi connectivity index (χ1n) is 6.29. The van der Waals surface area contributed by atoms with Crippen LogP contribution in [0.2, 0.25) is 0 Å². The minimum Gasteiger partial charge on any atom is -0.481 e. The van der Waals surface area contributed by atoms with E-state index < -0.39 is 35.7 Å². The summed E-state index contributed by atoms with van der Waals surface area (Å²) in [7, 11) is 0. The van der Waals surface area contributed by atoms with Crippen LogP contribution in [0.15, 0.2) is 37.5 Å². The maximum Gasteiger partial charge on any atom is 0.369 e. The third-order valence-corrected chi connectivity index (χ3v) is 2.59. The van der Waals surface area contributed by atoms with E-state index in [0.717, 1.165) is 12.2 Å². The topological polar surface area (TPSA) is 136 Å². The van der Waals surface area contributed by atoms with Gasteiger partial charge in [-0.3, -0.25) is 19.4 Å². The molecule has 0 saturated heterocycles. The first kappa shape index (κ1) is 20.1. The zero-order chi connectivity index (χ0) is 17.8. The van der Waals surface area contributed by atoms with Crippen molar-refractivity contribution in [3.8, 4) is 0 Å². The van der Waals surface area contributed by atoms with E-state index in [1.165, 1.54) is 6.08 Å². The second kappa shape index (κ2) is 10.7. The smallest absolute Gasteiger partial charge is 0.369 e. The number of allylic oxidation sites excluding steroid dienone is 1. The molecule has 0 aromatic rings. The highest BCUT2D eigenvalue weighted by Crippen LogP contribution is 2.24. The Labute approximate surface area is 131 Å². The monoisotopic (exact) mass is 328 g/mol. The molecule has 1 rings (SSSR count). The minimum atomic E-state index is -1.06. The molecule has 0 aliphatic heterocycles. The number of hydrogen-bond acceptors (Lipinski definition) is 7. The van der Waals surface area contributed by atoms with Crippen LogP contribution in [-0.4, -0.2) is 34.1 Å². The average molecular weight is 328 g/mol. The first-order chi connectivity index (χ1) is 10.8. The lowest BCUT2D eigenvalue weighted by atomic mass is 9.84. The van der Waals surface area contributed by atoms with Crippen LogP contribution in [0.4, 0.5) is 0 Å². The van der Waals surface area contributed by atoms with Gasteiger partial charge in [0, 0.05) is 17.2 Å². The Morgan fingerprint density at radius 3 is 1.87 bits per heavy atom. The van der Waals surface area contributed by atoms with E-state index in [2.05, 4.69) is 28.0 Å². The molecular formula is C14H16O9. The summed E-state index contributed by atoms with van der Waals surface area (Å²) in [4.78, 5) is 49.2. The van der Waals surface area contributed by atoms with Gasteiger partial charge in [0.1, 0.15) is 0 Å². The molecule has 23 heavy (non-hydrogen) atoms. The van der Waals surface area contributed by atoms with Crippen LogP contribution < -0.4 is 0 Å². The molecule has 2 N–H and O–H groups in total. The summed E-state index contributed by atoms with van der Waals surface area (Å²) in [6.45, 7) is 6.13. The summed E-state index contributed by atoms with van der Waals surface area (Å²) < 4.78 is 0. The minimum absolute atomic E-state index is 0.419. The van der Waals surface area contributed by atoms with Crippen molar-refractivity contribution in [3.05, 3.63) is 37.5 Å². The molecule has 0 saturated carbocycles. The molecule has 0 spiro atoms. The van der Waals surface area contributed by atoms with Crippen molar-refractivity contribution >= 4 is 23.9 Å². The first-order valence-corrected chi connectivity index (χ1v) is 6.29. The molecule has 0 aromatic carbocycles. The number of carbonyl (C=O) groups is 4. The highest BCUT2D eigenvalue weighted by Gasteiger charge is 2.32. The van der Waals surface area contributed by atoms with Crippen LogP contribution in [0, 0.1) is 11.8 Å². The zero-order valence-electron chi connectivity index (χ0n) is 12.0. The SMILES string of the molecule is C=CC(=O)OOOC(=O)C=C.O=C(O)C1C=CCCC1C(=O)O.